The summed E-state index contributed by atoms with van der Waals surface area (Å²) in [5, 5.41) is 4.93. The van der Waals surface area contributed by atoms with Crippen molar-refractivity contribution >= 4 is 29.1 Å². The van der Waals surface area contributed by atoms with Crippen LogP contribution in [0.3, 0.4) is 0 Å². The molecular weight excluding hydrogens is 309 g/mol. The van der Waals surface area contributed by atoms with Gasteiger partial charge >= 0.3 is 11.8 Å². The molecule has 2 aromatic rings. The lowest BCUT2D eigenvalue weighted by Gasteiger charge is -2.14. The van der Waals surface area contributed by atoms with Crippen LogP contribution in [0.1, 0.15) is 18.5 Å². The van der Waals surface area contributed by atoms with E-state index in [1.165, 1.54) is 6.07 Å². The Morgan fingerprint density at radius 3 is 2.73 bits per heavy atom. The first-order chi connectivity index (χ1) is 10.5. The summed E-state index contributed by atoms with van der Waals surface area (Å²) < 4.78 is 13.1. The molecule has 0 unspecified atom stereocenters. The third kappa shape index (κ3) is 4.02. The third-order valence-corrected chi connectivity index (χ3v) is 3.24. The van der Waals surface area contributed by atoms with Gasteiger partial charge in [0.15, 0.2) is 0 Å². The van der Waals surface area contributed by atoms with E-state index in [2.05, 4.69) is 15.6 Å². The second kappa shape index (κ2) is 7.00. The van der Waals surface area contributed by atoms with Gasteiger partial charge in [0.1, 0.15) is 5.82 Å². The van der Waals surface area contributed by atoms with E-state index >= 15 is 0 Å². The first-order valence-corrected chi connectivity index (χ1v) is 6.82. The standard InChI is InChI=1S/C15H13ClFN3O2/c1-9(10-3-2-6-18-8-10)19-14(21)15(22)20-13-7-11(17)4-5-12(13)16/h2-9H,1H3,(H,19,21)(H,20,22)/t9-/m1/s1. The van der Waals surface area contributed by atoms with Crippen LogP contribution >= 0.6 is 11.6 Å². The van der Waals surface area contributed by atoms with Crippen LogP contribution < -0.4 is 10.6 Å². The summed E-state index contributed by atoms with van der Waals surface area (Å²) in [4.78, 5) is 27.6. The fourth-order valence-electron chi connectivity index (χ4n) is 1.75. The van der Waals surface area contributed by atoms with Crippen LogP contribution in [0, 0.1) is 5.82 Å². The number of carbonyl (C=O) groups is 2. The molecule has 0 bridgehead atoms. The number of nitrogens with zero attached hydrogens (tertiary/aromatic N) is 1. The Hall–Kier alpha value is -2.47. The van der Waals surface area contributed by atoms with E-state index in [1.807, 2.05) is 0 Å². The zero-order valence-corrected chi connectivity index (χ0v) is 12.4. The molecule has 0 radical (unpaired) electrons. The van der Waals surface area contributed by atoms with E-state index in [4.69, 9.17) is 11.6 Å². The van der Waals surface area contributed by atoms with Crippen molar-refractivity contribution in [1.29, 1.82) is 0 Å². The molecule has 0 saturated heterocycles. The van der Waals surface area contributed by atoms with Gasteiger partial charge in [0.05, 0.1) is 16.8 Å². The van der Waals surface area contributed by atoms with E-state index in [0.717, 1.165) is 17.7 Å². The molecule has 0 aliphatic heterocycles. The fourth-order valence-corrected chi connectivity index (χ4v) is 1.91. The number of hydrogen-bond acceptors (Lipinski definition) is 3. The summed E-state index contributed by atoms with van der Waals surface area (Å²) >= 11 is 5.83. The molecule has 0 spiro atoms. The van der Waals surface area contributed by atoms with Crippen LogP contribution in [-0.2, 0) is 9.59 Å². The molecule has 1 aromatic heterocycles. The molecular formula is C15H13ClFN3O2. The first kappa shape index (κ1) is 15.9. The van der Waals surface area contributed by atoms with Crippen molar-refractivity contribution in [1.82, 2.24) is 10.3 Å². The number of rotatable bonds is 3. The fraction of sp³-hybridized carbons (Fsp3) is 0.133. The first-order valence-electron chi connectivity index (χ1n) is 6.44. The van der Waals surface area contributed by atoms with Gasteiger partial charge < -0.3 is 10.6 Å². The SMILES string of the molecule is C[C@@H](NC(=O)C(=O)Nc1cc(F)ccc1Cl)c1cccnc1. The van der Waals surface area contributed by atoms with E-state index in [0.29, 0.717) is 0 Å². The third-order valence-electron chi connectivity index (χ3n) is 2.91. The molecule has 1 heterocycles. The van der Waals surface area contributed by atoms with E-state index in [-0.39, 0.29) is 10.7 Å². The van der Waals surface area contributed by atoms with Gasteiger partial charge in [-0.15, -0.1) is 0 Å². The van der Waals surface area contributed by atoms with E-state index < -0.39 is 23.7 Å². The van der Waals surface area contributed by atoms with Crippen LogP contribution in [0.15, 0.2) is 42.7 Å². The quantitative estimate of drug-likeness (QED) is 0.854. The van der Waals surface area contributed by atoms with Crippen molar-refractivity contribution in [2.75, 3.05) is 5.32 Å². The van der Waals surface area contributed by atoms with Gasteiger partial charge in [-0.25, -0.2) is 4.39 Å². The van der Waals surface area contributed by atoms with Crippen LogP contribution in [0.25, 0.3) is 0 Å². The molecule has 2 rings (SSSR count). The minimum absolute atomic E-state index is 0.0378. The van der Waals surface area contributed by atoms with Gasteiger partial charge in [-0.3, -0.25) is 14.6 Å². The lowest BCUT2D eigenvalue weighted by atomic mass is 10.1. The Kier molecular flexibility index (Phi) is 5.06. The van der Waals surface area contributed by atoms with Crippen molar-refractivity contribution in [3.8, 4) is 0 Å². The Morgan fingerprint density at radius 1 is 1.27 bits per heavy atom. The second-order valence-electron chi connectivity index (χ2n) is 4.56. The van der Waals surface area contributed by atoms with Crippen molar-refractivity contribution in [2.45, 2.75) is 13.0 Å². The van der Waals surface area contributed by atoms with Crippen LogP contribution in [0.2, 0.25) is 5.02 Å². The van der Waals surface area contributed by atoms with Crippen molar-refractivity contribution in [3.63, 3.8) is 0 Å². The van der Waals surface area contributed by atoms with Gasteiger partial charge in [-0.05, 0) is 36.8 Å². The Labute approximate surface area is 131 Å². The predicted molar refractivity (Wildman–Crippen MR) is 80.8 cm³/mol. The maximum absolute atomic E-state index is 13.1. The summed E-state index contributed by atoms with van der Waals surface area (Å²) in [5.74, 6) is -2.34. The van der Waals surface area contributed by atoms with Gasteiger partial charge in [-0.2, -0.15) is 0 Å². The van der Waals surface area contributed by atoms with Gasteiger partial charge in [0.2, 0.25) is 0 Å². The Bertz CT molecular complexity index is 694. The number of amides is 2. The molecule has 0 aliphatic rings. The summed E-state index contributed by atoms with van der Waals surface area (Å²) in [6.07, 6.45) is 3.20. The molecule has 7 heteroatoms. The molecule has 2 N–H and O–H groups in total. The number of nitrogens with one attached hydrogen (secondary N) is 2. The summed E-state index contributed by atoms with van der Waals surface area (Å²) in [6.45, 7) is 1.72. The predicted octanol–water partition coefficient (Wildman–Crippen LogP) is 2.69. The largest absolute Gasteiger partial charge is 0.341 e. The van der Waals surface area contributed by atoms with Gasteiger partial charge in [0, 0.05) is 12.4 Å². The second-order valence-corrected chi connectivity index (χ2v) is 4.97. The van der Waals surface area contributed by atoms with Crippen molar-refractivity contribution in [3.05, 3.63) is 59.1 Å². The molecule has 22 heavy (non-hydrogen) atoms. The van der Waals surface area contributed by atoms with Crippen LogP contribution in [-0.4, -0.2) is 16.8 Å². The maximum Gasteiger partial charge on any atom is 0.313 e. The number of carbonyl (C=O) groups excluding carboxylic acids is 2. The Morgan fingerprint density at radius 2 is 2.05 bits per heavy atom. The smallest absolute Gasteiger partial charge is 0.313 e. The topological polar surface area (TPSA) is 71.1 Å². The molecule has 2 amide bonds. The van der Waals surface area contributed by atoms with Gasteiger partial charge in [0.25, 0.3) is 0 Å². The highest BCUT2D eigenvalue weighted by Gasteiger charge is 2.18. The summed E-state index contributed by atoms with van der Waals surface area (Å²) in [5.41, 5.74) is 0.795. The molecule has 114 valence electrons. The highest BCUT2D eigenvalue weighted by Crippen LogP contribution is 2.22. The minimum atomic E-state index is -0.928. The Balaban J connectivity index is 2.01. The van der Waals surface area contributed by atoms with Crippen molar-refractivity contribution < 1.29 is 14.0 Å². The zero-order valence-electron chi connectivity index (χ0n) is 11.6. The number of aromatic nitrogens is 1. The zero-order chi connectivity index (χ0) is 16.1. The normalized spacial score (nSPS) is 11.6. The molecule has 1 atom stereocenters. The maximum atomic E-state index is 13.1. The lowest BCUT2D eigenvalue weighted by molar-refractivity contribution is -0.136. The average molecular weight is 322 g/mol. The summed E-state index contributed by atoms with van der Waals surface area (Å²) in [6, 6.07) is 6.60. The number of pyridine rings is 1. The van der Waals surface area contributed by atoms with Crippen LogP contribution in [0.5, 0.6) is 0 Å². The van der Waals surface area contributed by atoms with E-state index in [9.17, 15) is 14.0 Å². The average Bonchev–Trinajstić information content (AvgIpc) is 2.51. The molecule has 5 nitrogen and oxygen atoms in total. The minimum Gasteiger partial charge on any atom is -0.341 e. The molecule has 0 saturated carbocycles. The molecule has 0 fully saturated rings. The van der Waals surface area contributed by atoms with Crippen molar-refractivity contribution in [2.24, 2.45) is 0 Å². The molecule has 1 aromatic carbocycles. The van der Waals surface area contributed by atoms with E-state index in [1.54, 1.807) is 31.5 Å². The van der Waals surface area contributed by atoms with Crippen LogP contribution in [0.4, 0.5) is 10.1 Å². The molecule has 0 aliphatic carbocycles. The highest BCUT2D eigenvalue weighted by atomic mass is 35.5. The highest BCUT2D eigenvalue weighted by molar-refractivity contribution is 6.41. The number of benzene rings is 1. The number of hydrogen-bond donors (Lipinski definition) is 2. The number of halogens is 2. The number of anilines is 1. The monoisotopic (exact) mass is 321 g/mol. The van der Waals surface area contributed by atoms with Gasteiger partial charge in [-0.1, -0.05) is 17.7 Å². The summed E-state index contributed by atoms with van der Waals surface area (Å²) in [7, 11) is 0. The lowest BCUT2D eigenvalue weighted by Crippen LogP contribution is -2.37.